The van der Waals surface area contributed by atoms with E-state index in [-0.39, 0.29) is 12.0 Å². The second kappa shape index (κ2) is 8.33. The second-order valence-corrected chi connectivity index (χ2v) is 6.04. The number of carbonyl (C=O) groups excluding carboxylic acids is 2. The highest BCUT2D eigenvalue weighted by Crippen LogP contribution is 2.18. The summed E-state index contributed by atoms with van der Waals surface area (Å²) in [5.41, 5.74) is 2.28. The maximum Gasteiger partial charge on any atom is 0.347 e. The number of hydrogen-bond acceptors (Lipinski definition) is 4. The zero-order valence-corrected chi connectivity index (χ0v) is 14.9. The summed E-state index contributed by atoms with van der Waals surface area (Å²) in [4.78, 5) is 24.1. The number of hydrogen-bond donors (Lipinski definition) is 1. The fourth-order valence-electron chi connectivity index (χ4n) is 2.17. The Morgan fingerprint density at radius 2 is 1.60 bits per heavy atom. The van der Waals surface area contributed by atoms with Crippen molar-refractivity contribution in [2.75, 3.05) is 5.32 Å². The number of nitrogens with one attached hydrogen (secondary N) is 1. The third-order valence-corrected chi connectivity index (χ3v) is 3.51. The van der Waals surface area contributed by atoms with E-state index in [0.29, 0.717) is 11.3 Å². The number of amides is 1. The number of carbonyl (C=O) groups is 2. The molecule has 2 aromatic carbocycles. The molecule has 0 radical (unpaired) electrons. The minimum absolute atomic E-state index is 0.189. The van der Waals surface area contributed by atoms with Crippen molar-refractivity contribution >= 4 is 17.6 Å². The van der Waals surface area contributed by atoms with Gasteiger partial charge in [0, 0.05) is 11.3 Å². The van der Waals surface area contributed by atoms with Crippen molar-refractivity contribution in [2.24, 2.45) is 0 Å². The molecule has 1 N–H and O–H groups in total. The van der Waals surface area contributed by atoms with Crippen LogP contribution in [0.15, 0.2) is 48.5 Å². The molecule has 0 fully saturated rings. The van der Waals surface area contributed by atoms with Crippen molar-refractivity contribution < 1.29 is 19.1 Å². The maximum atomic E-state index is 12.3. The Morgan fingerprint density at radius 3 is 2.20 bits per heavy atom. The number of anilines is 1. The Bertz CT molecular complexity index is 738. The summed E-state index contributed by atoms with van der Waals surface area (Å²) in [6.45, 7) is 7.13. The van der Waals surface area contributed by atoms with Crippen molar-refractivity contribution in [3.63, 3.8) is 0 Å². The van der Waals surface area contributed by atoms with Gasteiger partial charge in [-0.1, -0.05) is 18.2 Å². The van der Waals surface area contributed by atoms with Crippen LogP contribution in [0.5, 0.6) is 5.75 Å². The lowest BCUT2D eigenvalue weighted by Gasteiger charge is -2.16. The zero-order chi connectivity index (χ0) is 18.4. The molecule has 0 saturated carbocycles. The molecule has 0 bridgehead atoms. The van der Waals surface area contributed by atoms with E-state index in [1.807, 2.05) is 31.2 Å². The Morgan fingerprint density at radius 1 is 0.960 bits per heavy atom. The fraction of sp³-hybridized carbons (Fsp3) is 0.300. The van der Waals surface area contributed by atoms with E-state index in [2.05, 4.69) is 5.32 Å². The maximum absolute atomic E-state index is 12.3. The SMILES string of the molecule is Cc1ccccc1NC(=O)c1ccc(O[C@@H](C)C(=O)OC(C)C)cc1. The van der Waals surface area contributed by atoms with Crippen LogP contribution in [0.4, 0.5) is 5.69 Å². The van der Waals surface area contributed by atoms with E-state index < -0.39 is 12.1 Å². The largest absolute Gasteiger partial charge is 0.479 e. The number of aryl methyl sites for hydroxylation is 1. The van der Waals surface area contributed by atoms with Crippen molar-refractivity contribution in [1.82, 2.24) is 0 Å². The first-order valence-corrected chi connectivity index (χ1v) is 8.21. The van der Waals surface area contributed by atoms with E-state index in [9.17, 15) is 9.59 Å². The highest BCUT2D eigenvalue weighted by Gasteiger charge is 2.17. The lowest BCUT2D eigenvalue weighted by atomic mass is 10.1. The summed E-state index contributed by atoms with van der Waals surface area (Å²) in [5, 5.41) is 2.87. The highest BCUT2D eigenvalue weighted by atomic mass is 16.6. The summed E-state index contributed by atoms with van der Waals surface area (Å²) < 4.78 is 10.6. The van der Waals surface area contributed by atoms with Gasteiger partial charge in [-0.15, -0.1) is 0 Å². The molecule has 1 atom stereocenters. The van der Waals surface area contributed by atoms with Crippen LogP contribution in [-0.2, 0) is 9.53 Å². The molecular formula is C20H23NO4. The fourth-order valence-corrected chi connectivity index (χ4v) is 2.17. The third-order valence-electron chi connectivity index (χ3n) is 3.51. The predicted octanol–water partition coefficient (Wildman–Crippen LogP) is 3.97. The lowest BCUT2D eigenvalue weighted by molar-refractivity contribution is -0.154. The minimum Gasteiger partial charge on any atom is -0.479 e. The molecular weight excluding hydrogens is 318 g/mol. The molecule has 5 heteroatoms. The van der Waals surface area contributed by atoms with Crippen molar-refractivity contribution in [3.8, 4) is 5.75 Å². The summed E-state index contributed by atoms with van der Waals surface area (Å²) in [6.07, 6.45) is -0.903. The van der Waals surface area contributed by atoms with Gasteiger partial charge in [0.25, 0.3) is 5.91 Å². The minimum atomic E-state index is -0.714. The molecule has 0 aromatic heterocycles. The Kier molecular flexibility index (Phi) is 6.17. The number of esters is 1. The monoisotopic (exact) mass is 341 g/mol. The molecule has 132 valence electrons. The molecule has 0 aliphatic heterocycles. The van der Waals surface area contributed by atoms with Gasteiger partial charge in [-0.25, -0.2) is 4.79 Å². The summed E-state index contributed by atoms with van der Waals surface area (Å²) in [6, 6.07) is 14.2. The first kappa shape index (κ1) is 18.5. The van der Waals surface area contributed by atoms with Crippen LogP contribution in [-0.4, -0.2) is 24.1 Å². The number of rotatable bonds is 6. The van der Waals surface area contributed by atoms with Gasteiger partial charge in [0.05, 0.1) is 6.10 Å². The second-order valence-electron chi connectivity index (χ2n) is 6.04. The van der Waals surface area contributed by atoms with E-state index in [1.165, 1.54) is 0 Å². The van der Waals surface area contributed by atoms with Crippen molar-refractivity contribution in [3.05, 3.63) is 59.7 Å². The quantitative estimate of drug-likeness (QED) is 0.808. The number of para-hydroxylation sites is 1. The van der Waals surface area contributed by atoms with E-state index >= 15 is 0 Å². The molecule has 2 rings (SSSR count). The molecule has 0 heterocycles. The van der Waals surface area contributed by atoms with Gasteiger partial charge in [-0.3, -0.25) is 4.79 Å². The average molecular weight is 341 g/mol. The summed E-state index contributed by atoms with van der Waals surface area (Å²) >= 11 is 0. The van der Waals surface area contributed by atoms with Gasteiger partial charge in [-0.2, -0.15) is 0 Å². The molecule has 5 nitrogen and oxygen atoms in total. The lowest BCUT2D eigenvalue weighted by Crippen LogP contribution is -2.28. The van der Waals surface area contributed by atoms with Gasteiger partial charge >= 0.3 is 5.97 Å². The summed E-state index contributed by atoms with van der Waals surface area (Å²) in [7, 11) is 0. The average Bonchev–Trinajstić information content (AvgIpc) is 2.57. The smallest absolute Gasteiger partial charge is 0.347 e. The highest BCUT2D eigenvalue weighted by molar-refractivity contribution is 6.04. The van der Waals surface area contributed by atoms with Crippen LogP contribution >= 0.6 is 0 Å². The van der Waals surface area contributed by atoms with Crippen LogP contribution in [0.2, 0.25) is 0 Å². The molecule has 2 aromatic rings. The van der Waals surface area contributed by atoms with Gasteiger partial charge < -0.3 is 14.8 Å². The van der Waals surface area contributed by atoms with Crippen LogP contribution in [0.1, 0.15) is 36.7 Å². The topological polar surface area (TPSA) is 64.6 Å². The van der Waals surface area contributed by atoms with Crippen LogP contribution in [0, 0.1) is 6.92 Å². The third kappa shape index (κ3) is 5.35. The molecule has 0 aliphatic carbocycles. The first-order valence-electron chi connectivity index (χ1n) is 8.21. The molecule has 0 saturated heterocycles. The van der Waals surface area contributed by atoms with Crippen LogP contribution in [0.3, 0.4) is 0 Å². The predicted molar refractivity (Wildman–Crippen MR) is 96.9 cm³/mol. The Balaban J connectivity index is 1.98. The van der Waals surface area contributed by atoms with Gasteiger partial charge in [0.2, 0.25) is 0 Å². The van der Waals surface area contributed by atoms with E-state index in [1.54, 1.807) is 45.0 Å². The van der Waals surface area contributed by atoms with E-state index in [4.69, 9.17) is 9.47 Å². The molecule has 0 unspecified atom stereocenters. The zero-order valence-electron chi connectivity index (χ0n) is 14.9. The first-order chi connectivity index (χ1) is 11.9. The molecule has 25 heavy (non-hydrogen) atoms. The van der Waals surface area contributed by atoms with Crippen molar-refractivity contribution in [1.29, 1.82) is 0 Å². The normalized spacial score (nSPS) is 11.7. The Hall–Kier alpha value is -2.82. The molecule has 0 spiro atoms. The van der Waals surface area contributed by atoms with Gasteiger partial charge in [0.15, 0.2) is 6.10 Å². The number of ether oxygens (including phenoxy) is 2. The molecule has 0 aliphatic rings. The standard InChI is InChI=1S/C20H23NO4/c1-13(2)24-20(23)15(4)25-17-11-9-16(10-12-17)19(22)21-18-8-6-5-7-14(18)3/h5-13,15H,1-4H3,(H,21,22)/t15-/m0/s1. The van der Waals surface area contributed by atoms with Crippen LogP contribution < -0.4 is 10.1 Å². The summed E-state index contributed by atoms with van der Waals surface area (Å²) in [5.74, 6) is -0.120. The number of benzene rings is 2. The van der Waals surface area contributed by atoms with E-state index in [0.717, 1.165) is 11.3 Å². The molecule has 1 amide bonds. The Labute approximate surface area is 148 Å². The van der Waals surface area contributed by atoms with Gasteiger partial charge in [-0.05, 0) is 63.6 Å². The van der Waals surface area contributed by atoms with Crippen LogP contribution in [0.25, 0.3) is 0 Å². The van der Waals surface area contributed by atoms with Gasteiger partial charge in [0.1, 0.15) is 5.75 Å². The van der Waals surface area contributed by atoms with Crippen molar-refractivity contribution in [2.45, 2.75) is 39.9 Å².